The van der Waals surface area contributed by atoms with Gasteiger partial charge in [-0.3, -0.25) is 5.41 Å². The maximum Gasteiger partial charge on any atom is 0.349 e. The fourth-order valence-corrected chi connectivity index (χ4v) is 3.35. The maximum absolute atomic E-state index is 11.6. The van der Waals surface area contributed by atoms with Crippen molar-refractivity contribution in [1.82, 2.24) is 0 Å². The van der Waals surface area contributed by atoms with Gasteiger partial charge in [-0.2, -0.15) is 0 Å². The number of hydrogen-bond acceptors (Lipinski definition) is 5. The van der Waals surface area contributed by atoms with Crippen molar-refractivity contribution in [2.75, 3.05) is 7.11 Å². The van der Waals surface area contributed by atoms with E-state index in [-0.39, 0.29) is 5.84 Å². The summed E-state index contributed by atoms with van der Waals surface area (Å²) in [7, 11) is 1.55. The second kappa shape index (κ2) is 6.82. The van der Waals surface area contributed by atoms with E-state index in [1.807, 2.05) is 12.1 Å². The monoisotopic (exact) mass is 356 g/mol. The van der Waals surface area contributed by atoms with Crippen LogP contribution in [0.3, 0.4) is 0 Å². The molecule has 0 aliphatic carbocycles. The summed E-state index contributed by atoms with van der Waals surface area (Å²) in [5, 5.41) is 17.9. The van der Waals surface area contributed by atoms with Gasteiger partial charge < -0.3 is 20.3 Å². The van der Waals surface area contributed by atoms with E-state index in [1.165, 1.54) is 11.3 Å². The van der Waals surface area contributed by atoms with Crippen LogP contribution in [0.25, 0.3) is 10.1 Å². The highest BCUT2D eigenvalue weighted by Crippen LogP contribution is 2.31. The first-order valence-electron chi connectivity index (χ1n) is 7.39. The molecule has 2 aromatic carbocycles. The molecule has 128 valence electrons. The molecule has 1 heterocycles. The lowest BCUT2D eigenvalue weighted by atomic mass is 10.1. The summed E-state index contributed by atoms with van der Waals surface area (Å²) in [4.78, 5) is 12.3. The molecule has 0 aliphatic heterocycles. The highest BCUT2D eigenvalue weighted by atomic mass is 32.1. The van der Waals surface area contributed by atoms with Gasteiger partial charge in [-0.15, -0.1) is 11.3 Å². The van der Waals surface area contributed by atoms with Gasteiger partial charge >= 0.3 is 5.97 Å². The number of thiophene rings is 1. The Labute approximate surface area is 147 Å². The van der Waals surface area contributed by atoms with E-state index in [0.717, 1.165) is 10.1 Å². The highest BCUT2D eigenvalue weighted by Gasteiger charge is 2.22. The number of hydrogen-bond donors (Lipinski definition) is 3. The number of carboxylic acid groups (broad SMARTS) is 1. The van der Waals surface area contributed by atoms with Gasteiger partial charge in [-0.25, -0.2) is 4.79 Å². The van der Waals surface area contributed by atoms with E-state index in [2.05, 4.69) is 0 Å². The number of benzene rings is 2. The van der Waals surface area contributed by atoms with Crippen LogP contribution in [0.5, 0.6) is 11.5 Å². The molecule has 1 unspecified atom stereocenters. The quantitative estimate of drug-likeness (QED) is 0.464. The molecule has 0 fully saturated rings. The lowest BCUT2D eigenvalue weighted by Gasteiger charge is -2.16. The molecule has 0 amide bonds. The van der Waals surface area contributed by atoms with Crippen molar-refractivity contribution in [3.8, 4) is 11.5 Å². The zero-order valence-corrected chi connectivity index (χ0v) is 14.2. The Bertz CT molecular complexity index is 934. The molecule has 3 aromatic rings. The molecule has 1 aromatic heterocycles. The first-order chi connectivity index (χ1) is 12.0. The zero-order chi connectivity index (χ0) is 18.0. The molecule has 4 N–H and O–H groups in total. The van der Waals surface area contributed by atoms with Gasteiger partial charge in [0.15, 0.2) is 0 Å². The largest absolute Gasteiger partial charge is 0.497 e. The average molecular weight is 356 g/mol. The van der Waals surface area contributed by atoms with Crippen LogP contribution in [0.15, 0.2) is 48.5 Å². The Hall–Kier alpha value is -3.06. The molecular formula is C18H16N2O4S. The van der Waals surface area contributed by atoms with Crippen LogP contribution in [0.2, 0.25) is 0 Å². The first-order valence-corrected chi connectivity index (χ1v) is 8.21. The molecule has 0 radical (unpaired) electrons. The Morgan fingerprint density at radius 2 is 1.84 bits per heavy atom. The second-order valence-electron chi connectivity index (χ2n) is 5.33. The molecular weight excluding hydrogens is 340 g/mol. The summed E-state index contributed by atoms with van der Waals surface area (Å²) in [6.45, 7) is 0. The van der Waals surface area contributed by atoms with Crippen molar-refractivity contribution >= 4 is 33.2 Å². The molecule has 0 spiro atoms. The molecule has 7 heteroatoms. The van der Waals surface area contributed by atoms with Crippen LogP contribution in [0.1, 0.15) is 16.5 Å². The Balaban J connectivity index is 1.89. The highest BCUT2D eigenvalue weighted by molar-refractivity contribution is 7.20. The van der Waals surface area contributed by atoms with Crippen LogP contribution in [0.4, 0.5) is 0 Å². The van der Waals surface area contributed by atoms with Crippen molar-refractivity contribution in [3.63, 3.8) is 0 Å². The van der Waals surface area contributed by atoms with E-state index in [1.54, 1.807) is 43.5 Å². The van der Waals surface area contributed by atoms with Crippen molar-refractivity contribution < 1.29 is 19.4 Å². The number of nitrogen functional groups attached to an aromatic ring is 1. The third-order valence-corrected chi connectivity index (χ3v) is 4.78. The standard InChI is InChI=1S/C18H16N2O4S/c1-23-12-5-2-10(3-6-12)16(18(21)22)24-13-7-4-11-8-15(17(19)20)25-14(11)9-13/h2-9,16H,1H3,(H3,19,20)(H,21,22). The van der Waals surface area contributed by atoms with E-state index in [0.29, 0.717) is 21.9 Å². The van der Waals surface area contributed by atoms with E-state index < -0.39 is 12.1 Å². The second-order valence-corrected chi connectivity index (χ2v) is 6.42. The van der Waals surface area contributed by atoms with Crippen LogP contribution >= 0.6 is 11.3 Å². The lowest BCUT2D eigenvalue weighted by Crippen LogP contribution is -2.18. The number of amidine groups is 1. The minimum atomic E-state index is -1.13. The topological polar surface area (TPSA) is 106 Å². The predicted molar refractivity (Wildman–Crippen MR) is 96.8 cm³/mol. The van der Waals surface area contributed by atoms with Crippen molar-refractivity contribution in [3.05, 3.63) is 59.0 Å². The van der Waals surface area contributed by atoms with Crippen LogP contribution in [0, 0.1) is 5.41 Å². The number of nitrogens with one attached hydrogen (secondary N) is 1. The van der Waals surface area contributed by atoms with Gasteiger partial charge in [0.1, 0.15) is 17.3 Å². The first kappa shape index (κ1) is 16.8. The van der Waals surface area contributed by atoms with Crippen molar-refractivity contribution in [2.45, 2.75) is 6.10 Å². The van der Waals surface area contributed by atoms with Gasteiger partial charge in [-0.05, 0) is 41.8 Å². The summed E-state index contributed by atoms with van der Waals surface area (Å²) in [5.41, 5.74) is 6.03. The number of carboxylic acids is 1. The fourth-order valence-electron chi connectivity index (χ4n) is 2.39. The minimum Gasteiger partial charge on any atom is -0.497 e. The molecule has 0 saturated heterocycles. The third kappa shape index (κ3) is 3.56. The molecule has 0 aliphatic rings. The number of methoxy groups -OCH3 is 1. The number of nitrogens with two attached hydrogens (primary N) is 1. The summed E-state index contributed by atoms with van der Waals surface area (Å²) in [6.07, 6.45) is -1.13. The summed E-state index contributed by atoms with van der Waals surface area (Å²) in [6, 6.07) is 13.8. The molecule has 25 heavy (non-hydrogen) atoms. The van der Waals surface area contributed by atoms with E-state index >= 15 is 0 Å². The number of fused-ring (bicyclic) bond motifs is 1. The SMILES string of the molecule is COc1ccc(C(Oc2ccc3cc(C(=N)N)sc3c2)C(=O)O)cc1. The lowest BCUT2D eigenvalue weighted by molar-refractivity contribution is -0.145. The van der Waals surface area contributed by atoms with Gasteiger partial charge in [-0.1, -0.05) is 12.1 Å². The Morgan fingerprint density at radius 1 is 1.16 bits per heavy atom. The van der Waals surface area contributed by atoms with Crippen LogP contribution < -0.4 is 15.2 Å². The molecule has 3 rings (SSSR count). The summed E-state index contributed by atoms with van der Waals surface area (Å²) in [5.74, 6) is 0.00325. The number of carbonyl (C=O) groups is 1. The molecule has 0 bridgehead atoms. The Morgan fingerprint density at radius 3 is 2.44 bits per heavy atom. The fraction of sp³-hybridized carbons (Fsp3) is 0.111. The normalized spacial score (nSPS) is 11.9. The molecule has 6 nitrogen and oxygen atoms in total. The predicted octanol–water partition coefficient (Wildman–Crippen LogP) is 3.40. The van der Waals surface area contributed by atoms with Gasteiger partial charge in [0, 0.05) is 10.3 Å². The summed E-state index contributed by atoms with van der Waals surface area (Å²) >= 11 is 1.36. The number of ether oxygens (including phenoxy) is 2. The third-order valence-electron chi connectivity index (χ3n) is 3.65. The van der Waals surface area contributed by atoms with Crippen LogP contribution in [-0.2, 0) is 4.79 Å². The van der Waals surface area contributed by atoms with Crippen molar-refractivity contribution in [2.24, 2.45) is 5.73 Å². The zero-order valence-electron chi connectivity index (χ0n) is 13.4. The van der Waals surface area contributed by atoms with E-state index in [4.69, 9.17) is 20.6 Å². The van der Waals surface area contributed by atoms with Gasteiger partial charge in [0.2, 0.25) is 6.10 Å². The molecule has 0 saturated carbocycles. The number of rotatable bonds is 6. The van der Waals surface area contributed by atoms with Crippen LogP contribution in [-0.4, -0.2) is 24.0 Å². The number of aliphatic carboxylic acids is 1. The average Bonchev–Trinajstić information content (AvgIpc) is 3.03. The van der Waals surface area contributed by atoms with Gasteiger partial charge in [0.25, 0.3) is 0 Å². The summed E-state index contributed by atoms with van der Waals surface area (Å²) < 4.78 is 11.7. The maximum atomic E-state index is 11.6. The minimum absolute atomic E-state index is 0.00492. The smallest absolute Gasteiger partial charge is 0.349 e. The van der Waals surface area contributed by atoms with E-state index in [9.17, 15) is 9.90 Å². The van der Waals surface area contributed by atoms with Crippen molar-refractivity contribution in [1.29, 1.82) is 5.41 Å². The van der Waals surface area contributed by atoms with Gasteiger partial charge in [0.05, 0.1) is 12.0 Å². The molecule has 1 atom stereocenters. The Kier molecular flexibility index (Phi) is 4.58.